The Morgan fingerprint density at radius 2 is 1.88 bits per heavy atom. The Balaban J connectivity index is 1.66. The summed E-state index contributed by atoms with van der Waals surface area (Å²) in [6.45, 7) is 14.4. The first-order valence-corrected chi connectivity index (χ1v) is 6.48. The van der Waals surface area contributed by atoms with Gasteiger partial charge in [0.15, 0.2) is 0 Å². The van der Waals surface area contributed by atoms with E-state index in [0.717, 1.165) is 38.8 Å². The Bertz CT molecular complexity index is 230. The fourth-order valence-electron chi connectivity index (χ4n) is 3.00. The van der Waals surface area contributed by atoms with Gasteiger partial charge < -0.3 is 15.4 Å². The molecule has 0 aromatic heterocycles. The van der Waals surface area contributed by atoms with Crippen LogP contribution in [0.4, 0.5) is 0 Å². The first-order chi connectivity index (χ1) is 7.46. The molecule has 2 N–H and O–H groups in total. The largest absolute Gasteiger partial charge is 0.378 e. The van der Waals surface area contributed by atoms with Crippen LogP contribution in [0.15, 0.2) is 0 Å². The molecule has 16 heavy (non-hydrogen) atoms. The van der Waals surface area contributed by atoms with E-state index in [2.05, 4.69) is 38.3 Å². The molecule has 1 saturated carbocycles. The monoisotopic (exact) mass is 226 g/mol. The SMILES string of the molecule is CC1(C)C(CNCC2COCCN2)C1(C)C. The molecule has 0 spiro atoms. The van der Waals surface area contributed by atoms with Crippen molar-refractivity contribution >= 4 is 0 Å². The summed E-state index contributed by atoms with van der Waals surface area (Å²) in [7, 11) is 0. The average molecular weight is 226 g/mol. The average Bonchev–Trinajstić information content (AvgIpc) is 2.62. The Morgan fingerprint density at radius 1 is 1.19 bits per heavy atom. The Hall–Kier alpha value is -0.120. The Kier molecular flexibility index (Phi) is 3.30. The van der Waals surface area contributed by atoms with Gasteiger partial charge in [-0.05, 0) is 23.3 Å². The third-order valence-electron chi connectivity index (χ3n) is 5.06. The smallest absolute Gasteiger partial charge is 0.0632 e. The van der Waals surface area contributed by atoms with E-state index >= 15 is 0 Å². The van der Waals surface area contributed by atoms with E-state index < -0.39 is 0 Å². The number of nitrogens with one attached hydrogen (secondary N) is 2. The van der Waals surface area contributed by atoms with Crippen LogP contribution in [0.5, 0.6) is 0 Å². The first-order valence-electron chi connectivity index (χ1n) is 6.48. The molecule has 1 atom stereocenters. The Labute approximate surface area is 99.3 Å². The lowest BCUT2D eigenvalue weighted by Crippen LogP contribution is -2.47. The summed E-state index contributed by atoms with van der Waals surface area (Å²) in [6.07, 6.45) is 0. The zero-order chi connectivity index (χ0) is 11.8. The van der Waals surface area contributed by atoms with Crippen LogP contribution in [0, 0.1) is 16.7 Å². The van der Waals surface area contributed by atoms with Crippen molar-refractivity contribution in [3.63, 3.8) is 0 Å². The van der Waals surface area contributed by atoms with Gasteiger partial charge in [-0.2, -0.15) is 0 Å². The molecular formula is C13H26N2O. The molecule has 1 unspecified atom stereocenters. The number of hydrogen-bond acceptors (Lipinski definition) is 3. The van der Waals surface area contributed by atoms with Crippen LogP contribution in [0.1, 0.15) is 27.7 Å². The molecule has 0 aromatic rings. The van der Waals surface area contributed by atoms with Gasteiger partial charge in [0, 0.05) is 19.1 Å². The molecule has 2 aliphatic rings. The molecule has 1 heterocycles. The van der Waals surface area contributed by atoms with Crippen molar-refractivity contribution in [1.82, 2.24) is 10.6 Å². The number of ether oxygens (including phenoxy) is 1. The van der Waals surface area contributed by atoms with Gasteiger partial charge in [-0.1, -0.05) is 27.7 Å². The zero-order valence-electron chi connectivity index (χ0n) is 11.1. The van der Waals surface area contributed by atoms with E-state index in [4.69, 9.17) is 4.74 Å². The second-order valence-electron chi connectivity index (χ2n) is 6.38. The van der Waals surface area contributed by atoms with Crippen molar-refractivity contribution in [3.05, 3.63) is 0 Å². The van der Waals surface area contributed by atoms with Crippen molar-refractivity contribution in [2.24, 2.45) is 16.7 Å². The third-order valence-corrected chi connectivity index (χ3v) is 5.06. The fraction of sp³-hybridized carbons (Fsp3) is 1.00. The van der Waals surface area contributed by atoms with Gasteiger partial charge >= 0.3 is 0 Å². The van der Waals surface area contributed by atoms with Crippen LogP contribution in [0.3, 0.4) is 0 Å². The molecule has 0 aromatic carbocycles. The minimum absolute atomic E-state index is 0.497. The highest BCUT2D eigenvalue weighted by molar-refractivity contribution is 5.12. The van der Waals surface area contributed by atoms with Gasteiger partial charge in [0.2, 0.25) is 0 Å². The zero-order valence-corrected chi connectivity index (χ0v) is 11.1. The lowest BCUT2D eigenvalue weighted by molar-refractivity contribution is 0.0766. The fourth-order valence-corrected chi connectivity index (χ4v) is 3.00. The van der Waals surface area contributed by atoms with Crippen LogP contribution >= 0.6 is 0 Å². The summed E-state index contributed by atoms with van der Waals surface area (Å²) in [5, 5.41) is 7.05. The molecule has 1 saturated heterocycles. The summed E-state index contributed by atoms with van der Waals surface area (Å²) in [6, 6.07) is 0.499. The maximum absolute atomic E-state index is 5.43. The van der Waals surface area contributed by atoms with Gasteiger partial charge in [0.25, 0.3) is 0 Å². The molecule has 94 valence electrons. The molecule has 1 aliphatic carbocycles. The van der Waals surface area contributed by atoms with Crippen LogP contribution in [-0.2, 0) is 4.74 Å². The maximum Gasteiger partial charge on any atom is 0.0632 e. The van der Waals surface area contributed by atoms with Crippen LogP contribution in [0.25, 0.3) is 0 Å². The predicted molar refractivity (Wildman–Crippen MR) is 66.5 cm³/mol. The van der Waals surface area contributed by atoms with E-state index in [1.165, 1.54) is 0 Å². The third kappa shape index (κ3) is 2.13. The van der Waals surface area contributed by atoms with Crippen molar-refractivity contribution in [2.75, 3.05) is 32.8 Å². The number of hydrogen-bond donors (Lipinski definition) is 2. The minimum atomic E-state index is 0.497. The number of morpholine rings is 1. The highest BCUT2D eigenvalue weighted by Crippen LogP contribution is 2.67. The Morgan fingerprint density at radius 3 is 2.38 bits per heavy atom. The standard InChI is InChI=1S/C13H26N2O/c1-12(2)11(13(12,3)4)8-14-7-10-9-16-6-5-15-10/h10-11,14-15H,5-9H2,1-4H3. The van der Waals surface area contributed by atoms with Crippen LogP contribution in [-0.4, -0.2) is 38.9 Å². The van der Waals surface area contributed by atoms with E-state index in [1.54, 1.807) is 0 Å². The normalized spacial score (nSPS) is 32.6. The van der Waals surface area contributed by atoms with Crippen molar-refractivity contribution in [2.45, 2.75) is 33.7 Å². The lowest BCUT2D eigenvalue weighted by atomic mass is 10.0. The molecule has 1 aliphatic heterocycles. The summed E-state index contributed by atoms with van der Waals surface area (Å²) in [4.78, 5) is 0. The summed E-state index contributed by atoms with van der Waals surface area (Å²) < 4.78 is 5.43. The maximum atomic E-state index is 5.43. The molecule has 3 nitrogen and oxygen atoms in total. The van der Waals surface area contributed by atoms with Gasteiger partial charge in [-0.15, -0.1) is 0 Å². The molecule has 0 amide bonds. The summed E-state index contributed by atoms with van der Waals surface area (Å²) in [5.41, 5.74) is 0.993. The lowest BCUT2D eigenvalue weighted by Gasteiger charge is -2.24. The predicted octanol–water partition coefficient (Wildman–Crippen LogP) is 1.25. The van der Waals surface area contributed by atoms with Crippen LogP contribution < -0.4 is 10.6 Å². The highest BCUT2D eigenvalue weighted by Gasteiger charge is 2.63. The molecular weight excluding hydrogens is 200 g/mol. The number of rotatable bonds is 4. The molecule has 3 heteroatoms. The topological polar surface area (TPSA) is 33.3 Å². The van der Waals surface area contributed by atoms with Gasteiger partial charge in [0.05, 0.1) is 13.2 Å². The molecule has 0 bridgehead atoms. The van der Waals surface area contributed by atoms with Crippen molar-refractivity contribution in [3.8, 4) is 0 Å². The second kappa shape index (κ2) is 4.28. The van der Waals surface area contributed by atoms with Crippen LogP contribution in [0.2, 0.25) is 0 Å². The summed E-state index contributed by atoms with van der Waals surface area (Å²) in [5.74, 6) is 0.810. The van der Waals surface area contributed by atoms with E-state index in [9.17, 15) is 0 Å². The summed E-state index contributed by atoms with van der Waals surface area (Å²) >= 11 is 0. The van der Waals surface area contributed by atoms with Crippen molar-refractivity contribution in [1.29, 1.82) is 0 Å². The van der Waals surface area contributed by atoms with E-state index in [1.807, 2.05) is 0 Å². The molecule has 2 rings (SSSR count). The minimum Gasteiger partial charge on any atom is -0.378 e. The van der Waals surface area contributed by atoms with Gasteiger partial charge in [-0.25, -0.2) is 0 Å². The molecule has 2 fully saturated rings. The highest BCUT2D eigenvalue weighted by atomic mass is 16.5. The molecule has 0 radical (unpaired) electrons. The van der Waals surface area contributed by atoms with E-state index in [0.29, 0.717) is 16.9 Å². The van der Waals surface area contributed by atoms with Gasteiger partial charge in [-0.3, -0.25) is 0 Å². The first kappa shape index (κ1) is 12.3. The van der Waals surface area contributed by atoms with Gasteiger partial charge in [0.1, 0.15) is 0 Å². The second-order valence-corrected chi connectivity index (χ2v) is 6.38. The van der Waals surface area contributed by atoms with Crippen molar-refractivity contribution < 1.29 is 4.74 Å². The van der Waals surface area contributed by atoms with E-state index in [-0.39, 0.29) is 0 Å². The quantitative estimate of drug-likeness (QED) is 0.757.